The van der Waals surface area contributed by atoms with E-state index in [2.05, 4.69) is 0 Å². The Morgan fingerprint density at radius 2 is 1.76 bits per heavy atom. The molecule has 2 N–H and O–H groups in total. The van der Waals surface area contributed by atoms with Gasteiger partial charge in [0.15, 0.2) is 0 Å². The highest BCUT2D eigenvalue weighted by Gasteiger charge is 2.08. The summed E-state index contributed by atoms with van der Waals surface area (Å²) in [4.78, 5) is 0. The summed E-state index contributed by atoms with van der Waals surface area (Å²) in [6, 6.07) is 6.97. The number of hydrogen-bond acceptors (Lipinski definition) is 1. The summed E-state index contributed by atoms with van der Waals surface area (Å²) in [6.45, 7) is 1.73. The van der Waals surface area contributed by atoms with Gasteiger partial charge in [-0.3, -0.25) is 0 Å². The van der Waals surface area contributed by atoms with E-state index < -0.39 is 11.6 Å². The molecule has 2 aromatic carbocycles. The maximum Gasteiger partial charge on any atom is 0.146 e. The van der Waals surface area contributed by atoms with Crippen molar-refractivity contribution < 1.29 is 8.78 Å². The molecule has 0 atom stereocenters. The van der Waals surface area contributed by atoms with Crippen LogP contribution in [-0.4, -0.2) is 0 Å². The lowest BCUT2D eigenvalue weighted by molar-refractivity contribution is 0.628. The van der Waals surface area contributed by atoms with Gasteiger partial charge in [-0.1, -0.05) is 11.6 Å². The Bertz CT molecular complexity index is 562. The number of nitrogens with two attached hydrogens (primary N) is 1. The van der Waals surface area contributed by atoms with E-state index in [0.29, 0.717) is 21.7 Å². The quantitative estimate of drug-likeness (QED) is 0.758. The average molecular weight is 254 g/mol. The van der Waals surface area contributed by atoms with Crippen molar-refractivity contribution in [3.63, 3.8) is 0 Å². The first-order valence-corrected chi connectivity index (χ1v) is 5.37. The van der Waals surface area contributed by atoms with E-state index in [1.165, 1.54) is 24.3 Å². The van der Waals surface area contributed by atoms with E-state index >= 15 is 0 Å². The van der Waals surface area contributed by atoms with Gasteiger partial charge in [0.25, 0.3) is 0 Å². The maximum atomic E-state index is 13.2. The molecule has 0 spiro atoms. The Balaban J connectivity index is 2.64. The average Bonchev–Trinajstić information content (AvgIpc) is 2.22. The fourth-order valence-electron chi connectivity index (χ4n) is 1.71. The van der Waals surface area contributed by atoms with Gasteiger partial charge in [0.1, 0.15) is 11.6 Å². The molecular weight excluding hydrogens is 244 g/mol. The van der Waals surface area contributed by atoms with E-state index in [1.54, 1.807) is 13.0 Å². The zero-order valence-corrected chi connectivity index (χ0v) is 9.85. The molecule has 2 rings (SSSR count). The van der Waals surface area contributed by atoms with Gasteiger partial charge in [-0.25, -0.2) is 8.78 Å². The molecule has 0 aliphatic rings. The number of benzene rings is 2. The molecule has 0 aromatic heterocycles. The summed E-state index contributed by atoms with van der Waals surface area (Å²) in [5.74, 6) is -0.913. The Kier molecular flexibility index (Phi) is 3.03. The standard InChI is InChI=1S/C13H10ClF2N/c1-7-2-12(16)13(17)6-11(7)8-3-9(14)5-10(15)4-8/h2-6H,17H2,1H3. The van der Waals surface area contributed by atoms with Gasteiger partial charge >= 0.3 is 0 Å². The molecule has 0 bridgehead atoms. The van der Waals surface area contributed by atoms with Crippen LogP contribution in [0.3, 0.4) is 0 Å². The second-order valence-electron chi connectivity index (χ2n) is 3.85. The van der Waals surface area contributed by atoms with Gasteiger partial charge in [-0.05, 0) is 53.9 Å². The smallest absolute Gasteiger partial charge is 0.146 e. The van der Waals surface area contributed by atoms with E-state index in [9.17, 15) is 8.78 Å². The van der Waals surface area contributed by atoms with Crippen LogP contribution in [0.2, 0.25) is 5.02 Å². The van der Waals surface area contributed by atoms with Crippen LogP contribution in [0.5, 0.6) is 0 Å². The minimum absolute atomic E-state index is 0.0333. The van der Waals surface area contributed by atoms with Crippen molar-refractivity contribution in [2.24, 2.45) is 0 Å². The molecule has 0 saturated heterocycles. The van der Waals surface area contributed by atoms with Gasteiger partial charge in [0, 0.05) is 5.02 Å². The molecular formula is C13H10ClF2N. The SMILES string of the molecule is Cc1cc(F)c(N)cc1-c1cc(F)cc(Cl)c1. The molecule has 1 nitrogen and oxygen atoms in total. The van der Waals surface area contributed by atoms with Gasteiger partial charge in [-0.2, -0.15) is 0 Å². The summed E-state index contributed by atoms with van der Waals surface area (Å²) in [7, 11) is 0. The van der Waals surface area contributed by atoms with Crippen LogP contribution < -0.4 is 5.73 Å². The third-order valence-electron chi connectivity index (χ3n) is 2.52. The first kappa shape index (κ1) is 11.9. The van der Waals surface area contributed by atoms with Crippen molar-refractivity contribution in [2.75, 3.05) is 5.73 Å². The third-order valence-corrected chi connectivity index (χ3v) is 2.74. The highest BCUT2D eigenvalue weighted by Crippen LogP contribution is 2.29. The van der Waals surface area contributed by atoms with Crippen molar-refractivity contribution in [2.45, 2.75) is 6.92 Å². The van der Waals surface area contributed by atoms with E-state index in [0.717, 1.165) is 0 Å². The van der Waals surface area contributed by atoms with E-state index in [4.69, 9.17) is 17.3 Å². The fraction of sp³-hybridized carbons (Fsp3) is 0.0769. The monoisotopic (exact) mass is 253 g/mol. The van der Waals surface area contributed by atoms with E-state index in [-0.39, 0.29) is 5.69 Å². The largest absolute Gasteiger partial charge is 0.396 e. The first-order chi connectivity index (χ1) is 7.97. The van der Waals surface area contributed by atoms with Crippen molar-refractivity contribution in [3.05, 3.63) is 52.6 Å². The van der Waals surface area contributed by atoms with Gasteiger partial charge in [0.05, 0.1) is 5.69 Å². The van der Waals surface area contributed by atoms with Crippen LogP contribution in [0.1, 0.15) is 5.56 Å². The molecule has 0 heterocycles. The molecule has 0 unspecified atom stereocenters. The fourth-order valence-corrected chi connectivity index (χ4v) is 1.93. The predicted molar refractivity (Wildman–Crippen MR) is 66.0 cm³/mol. The first-order valence-electron chi connectivity index (χ1n) is 4.99. The summed E-state index contributed by atoms with van der Waals surface area (Å²) in [6.07, 6.45) is 0. The van der Waals surface area contributed by atoms with Crippen LogP contribution in [-0.2, 0) is 0 Å². The molecule has 4 heteroatoms. The second kappa shape index (κ2) is 4.34. The Hall–Kier alpha value is -1.61. The molecule has 0 fully saturated rings. The number of aryl methyl sites for hydroxylation is 1. The van der Waals surface area contributed by atoms with Crippen molar-refractivity contribution in [1.82, 2.24) is 0 Å². The maximum absolute atomic E-state index is 13.2. The van der Waals surface area contributed by atoms with Gasteiger partial charge in [0.2, 0.25) is 0 Å². The summed E-state index contributed by atoms with van der Waals surface area (Å²) >= 11 is 5.78. The van der Waals surface area contributed by atoms with Crippen LogP contribution in [0.25, 0.3) is 11.1 Å². The van der Waals surface area contributed by atoms with Crippen LogP contribution in [0.15, 0.2) is 30.3 Å². The normalized spacial score (nSPS) is 10.6. The number of rotatable bonds is 1. The Morgan fingerprint density at radius 1 is 1.06 bits per heavy atom. The lowest BCUT2D eigenvalue weighted by Crippen LogP contribution is -1.94. The van der Waals surface area contributed by atoms with Crippen LogP contribution in [0.4, 0.5) is 14.5 Å². The summed E-state index contributed by atoms with van der Waals surface area (Å²) in [5.41, 5.74) is 7.47. The second-order valence-corrected chi connectivity index (χ2v) is 4.28. The lowest BCUT2D eigenvalue weighted by Gasteiger charge is -2.09. The zero-order chi connectivity index (χ0) is 12.6. The van der Waals surface area contributed by atoms with Crippen molar-refractivity contribution >= 4 is 17.3 Å². The number of hydrogen-bond donors (Lipinski definition) is 1. The number of nitrogen functional groups attached to an aromatic ring is 1. The minimum Gasteiger partial charge on any atom is -0.396 e. The zero-order valence-electron chi connectivity index (χ0n) is 9.10. The highest BCUT2D eigenvalue weighted by atomic mass is 35.5. The predicted octanol–water partition coefficient (Wildman–Crippen LogP) is 4.18. The summed E-state index contributed by atoms with van der Waals surface area (Å²) < 4.78 is 26.4. The van der Waals surface area contributed by atoms with Crippen molar-refractivity contribution in [1.29, 1.82) is 0 Å². The minimum atomic E-state index is -0.478. The number of halogens is 3. The Labute approximate surface area is 103 Å². The molecule has 88 valence electrons. The van der Waals surface area contributed by atoms with Gasteiger partial charge in [-0.15, -0.1) is 0 Å². The van der Waals surface area contributed by atoms with Crippen LogP contribution in [0, 0.1) is 18.6 Å². The molecule has 0 saturated carbocycles. The van der Waals surface area contributed by atoms with Crippen LogP contribution >= 0.6 is 11.6 Å². The topological polar surface area (TPSA) is 26.0 Å². The number of anilines is 1. The molecule has 0 aliphatic heterocycles. The molecule has 17 heavy (non-hydrogen) atoms. The van der Waals surface area contributed by atoms with Gasteiger partial charge < -0.3 is 5.73 Å². The molecule has 2 aromatic rings. The summed E-state index contributed by atoms with van der Waals surface area (Å²) in [5, 5.41) is 0.294. The third kappa shape index (κ3) is 2.39. The van der Waals surface area contributed by atoms with Crippen molar-refractivity contribution in [3.8, 4) is 11.1 Å². The molecule has 0 radical (unpaired) electrons. The lowest BCUT2D eigenvalue weighted by atomic mass is 9.99. The molecule has 0 aliphatic carbocycles. The highest BCUT2D eigenvalue weighted by molar-refractivity contribution is 6.30. The molecule has 0 amide bonds. The van der Waals surface area contributed by atoms with E-state index in [1.807, 2.05) is 0 Å². The Morgan fingerprint density at radius 3 is 2.41 bits per heavy atom.